The fourth-order valence-corrected chi connectivity index (χ4v) is 5.05. The first-order valence-electron chi connectivity index (χ1n) is 8.88. The van der Waals surface area contributed by atoms with Crippen LogP contribution in [0.3, 0.4) is 0 Å². The number of nitrogens with two attached hydrogens (primary N) is 1. The van der Waals surface area contributed by atoms with E-state index >= 15 is 0 Å². The van der Waals surface area contributed by atoms with Crippen LogP contribution in [0, 0.1) is 11.4 Å². The third-order valence-electron chi connectivity index (χ3n) is 5.70. The molecule has 2 aromatic rings. The largest absolute Gasteiger partial charge is 0.355 e. The molecule has 1 spiro atoms. The molecule has 0 bridgehead atoms. The first-order chi connectivity index (χ1) is 12.6. The van der Waals surface area contributed by atoms with Gasteiger partial charge >= 0.3 is 0 Å². The molecule has 2 aliphatic rings. The van der Waals surface area contributed by atoms with Crippen LogP contribution in [0.1, 0.15) is 32.1 Å². The number of hydrogen-bond donors (Lipinski definition) is 1. The van der Waals surface area contributed by atoms with Crippen LogP contribution in [-0.2, 0) is 0 Å². The number of pyridine rings is 1. The standard InChI is InChI=1S/C18H21ClFN5S/c19-16-12(3-7-22-17(16)20)26-15-11-23-14(10-24-15)25-8-5-18(6-9-25)4-1-2-13(18)21/h3,7,10-11,13H,1-2,4-6,8-9,21H2/t13-/m1/s1. The second-order valence-corrected chi connectivity index (χ2v) is 8.52. The molecule has 138 valence electrons. The summed E-state index contributed by atoms with van der Waals surface area (Å²) in [6.07, 6.45) is 10.8. The summed E-state index contributed by atoms with van der Waals surface area (Å²) >= 11 is 7.22. The number of nitrogens with zero attached hydrogens (tertiary/aromatic N) is 4. The fourth-order valence-electron chi connectivity index (χ4n) is 4.09. The topological polar surface area (TPSA) is 67.9 Å². The molecule has 5 nitrogen and oxygen atoms in total. The zero-order valence-corrected chi connectivity index (χ0v) is 15.9. The van der Waals surface area contributed by atoms with E-state index in [0.29, 0.717) is 21.4 Å². The summed E-state index contributed by atoms with van der Waals surface area (Å²) in [7, 11) is 0. The first kappa shape index (κ1) is 17.9. The monoisotopic (exact) mass is 393 g/mol. The lowest BCUT2D eigenvalue weighted by Gasteiger charge is -2.42. The number of rotatable bonds is 3. The van der Waals surface area contributed by atoms with E-state index in [4.69, 9.17) is 17.3 Å². The van der Waals surface area contributed by atoms with Gasteiger partial charge in [-0.2, -0.15) is 4.39 Å². The summed E-state index contributed by atoms with van der Waals surface area (Å²) in [5.41, 5.74) is 6.69. The molecule has 0 unspecified atom stereocenters. The van der Waals surface area contributed by atoms with Gasteiger partial charge < -0.3 is 10.6 Å². The van der Waals surface area contributed by atoms with Gasteiger partial charge in [-0.15, -0.1) is 0 Å². The number of halogens is 2. The maximum absolute atomic E-state index is 13.4. The van der Waals surface area contributed by atoms with Crippen LogP contribution in [0.25, 0.3) is 0 Å². The normalized spacial score (nSPS) is 22.1. The molecule has 2 aromatic heterocycles. The van der Waals surface area contributed by atoms with E-state index in [0.717, 1.165) is 38.2 Å². The summed E-state index contributed by atoms with van der Waals surface area (Å²) in [4.78, 5) is 15.4. The van der Waals surface area contributed by atoms with Gasteiger partial charge in [0.2, 0.25) is 5.95 Å². The SMILES string of the molecule is N[C@@H]1CCCC12CCN(c1cnc(Sc3ccnc(F)c3Cl)cn1)CC2. The van der Waals surface area contributed by atoms with Crippen molar-refractivity contribution >= 4 is 29.2 Å². The van der Waals surface area contributed by atoms with Crippen molar-refractivity contribution < 1.29 is 4.39 Å². The third-order valence-corrected chi connectivity index (χ3v) is 7.15. The van der Waals surface area contributed by atoms with Gasteiger partial charge in [0.1, 0.15) is 15.9 Å². The highest BCUT2D eigenvalue weighted by Crippen LogP contribution is 2.45. The first-order valence-corrected chi connectivity index (χ1v) is 10.1. The number of piperidine rings is 1. The Morgan fingerprint density at radius 1 is 1.19 bits per heavy atom. The van der Waals surface area contributed by atoms with Crippen molar-refractivity contribution in [3.05, 3.63) is 35.6 Å². The van der Waals surface area contributed by atoms with E-state index in [1.807, 2.05) is 0 Å². The van der Waals surface area contributed by atoms with E-state index < -0.39 is 5.95 Å². The molecule has 0 radical (unpaired) electrons. The Morgan fingerprint density at radius 3 is 2.65 bits per heavy atom. The van der Waals surface area contributed by atoms with Gasteiger partial charge in [0, 0.05) is 30.2 Å². The highest BCUT2D eigenvalue weighted by atomic mass is 35.5. The van der Waals surface area contributed by atoms with Gasteiger partial charge in [0.05, 0.1) is 12.4 Å². The van der Waals surface area contributed by atoms with Gasteiger partial charge in [0.25, 0.3) is 0 Å². The van der Waals surface area contributed by atoms with E-state index in [9.17, 15) is 4.39 Å². The zero-order valence-electron chi connectivity index (χ0n) is 14.4. The van der Waals surface area contributed by atoms with Gasteiger partial charge in [-0.1, -0.05) is 29.8 Å². The van der Waals surface area contributed by atoms with Crippen molar-refractivity contribution in [2.75, 3.05) is 18.0 Å². The minimum atomic E-state index is -0.673. The molecular weight excluding hydrogens is 373 g/mol. The molecule has 0 amide bonds. The molecular formula is C18H21ClFN5S. The number of hydrogen-bond acceptors (Lipinski definition) is 6. The van der Waals surface area contributed by atoms with Crippen molar-refractivity contribution in [3.8, 4) is 0 Å². The summed E-state index contributed by atoms with van der Waals surface area (Å²) < 4.78 is 13.4. The van der Waals surface area contributed by atoms with Crippen LogP contribution in [-0.4, -0.2) is 34.1 Å². The number of aromatic nitrogens is 3. The molecule has 4 rings (SSSR count). The molecule has 1 atom stereocenters. The van der Waals surface area contributed by atoms with Crippen LogP contribution in [0.4, 0.5) is 10.2 Å². The van der Waals surface area contributed by atoms with E-state index in [2.05, 4.69) is 19.9 Å². The molecule has 8 heteroatoms. The highest BCUT2D eigenvalue weighted by Gasteiger charge is 2.42. The van der Waals surface area contributed by atoms with Crippen LogP contribution >= 0.6 is 23.4 Å². The predicted molar refractivity (Wildman–Crippen MR) is 101 cm³/mol. The molecule has 26 heavy (non-hydrogen) atoms. The van der Waals surface area contributed by atoms with Gasteiger partial charge in [-0.3, -0.25) is 0 Å². The lowest BCUT2D eigenvalue weighted by molar-refractivity contribution is 0.197. The molecule has 2 fully saturated rings. The summed E-state index contributed by atoms with van der Waals surface area (Å²) in [5, 5.41) is 0.685. The van der Waals surface area contributed by atoms with Crippen molar-refractivity contribution in [3.63, 3.8) is 0 Å². The predicted octanol–water partition coefficient (Wildman–Crippen LogP) is 3.91. The fraction of sp³-hybridized carbons (Fsp3) is 0.500. The quantitative estimate of drug-likeness (QED) is 0.797. The Balaban J connectivity index is 1.41. The van der Waals surface area contributed by atoms with E-state index in [1.54, 1.807) is 18.5 Å². The highest BCUT2D eigenvalue weighted by molar-refractivity contribution is 7.99. The molecule has 0 aromatic carbocycles. The molecule has 1 aliphatic carbocycles. The third kappa shape index (κ3) is 3.40. The maximum atomic E-state index is 13.4. The Morgan fingerprint density at radius 2 is 2.00 bits per heavy atom. The lowest BCUT2D eigenvalue weighted by Crippen LogP contribution is -2.47. The summed E-state index contributed by atoms with van der Waals surface area (Å²) in [6.45, 7) is 1.94. The lowest BCUT2D eigenvalue weighted by atomic mass is 9.74. The Bertz CT molecular complexity index is 780. The van der Waals surface area contributed by atoms with Crippen LogP contribution < -0.4 is 10.6 Å². The van der Waals surface area contributed by atoms with Crippen molar-refractivity contribution in [1.29, 1.82) is 0 Å². The molecule has 3 heterocycles. The Labute approximate surface area is 161 Å². The van der Waals surface area contributed by atoms with Crippen LogP contribution in [0.15, 0.2) is 34.6 Å². The molecule has 1 aliphatic heterocycles. The summed E-state index contributed by atoms with van der Waals surface area (Å²) in [6, 6.07) is 2.01. The number of anilines is 1. The van der Waals surface area contributed by atoms with E-state index in [1.165, 1.54) is 30.8 Å². The van der Waals surface area contributed by atoms with Gasteiger partial charge in [-0.05, 0) is 37.2 Å². The minimum Gasteiger partial charge on any atom is -0.355 e. The molecule has 1 saturated carbocycles. The average molecular weight is 394 g/mol. The van der Waals surface area contributed by atoms with Gasteiger partial charge in [0.15, 0.2) is 0 Å². The smallest absolute Gasteiger partial charge is 0.232 e. The average Bonchev–Trinajstić information content (AvgIpc) is 3.00. The minimum absolute atomic E-state index is 0.0117. The Hall–Kier alpha value is -1.44. The van der Waals surface area contributed by atoms with Crippen molar-refractivity contribution in [2.24, 2.45) is 11.1 Å². The zero-order chi connectivity index (χ0) is 18.1. The second kappa shape index (κ2) is 7.29. The second-order valence-electron chi connectivity index (χ2n) is 7.08. The van der Waals surface area contributed by atoms with Gasteiger partial charge in [-0.25, -0.2) is 15.0 Å². The summed E-state index contributed by atoms with van der Waals surface area (Å²) in [5.74, 6) is 0.205. The molecule has 1 saturated heterocycles. The van der Waals surface area contributed by atoms with Crippen LogP contribution in [0.5, 0.6) is 0 Å². The maximum Gasteiger partial charge on any atom is 0.232 e. The van der Waals surface area contributed by atoms with Crippen molar-refractivity contribution in [1.82, 2.24) is 15.0 Å². The van der Waals surface area contributed by atoms with Crippen LogP contribution in [0.2, 0.25) is 5.02 Å². The van der Waals surface area contributed by atoms with Crippen molar-refractivity contribution in [2.45, 2.75) is 48.1 Å². The Kier molecular flexibility index (Phi) is 5.03. The molecule has 2 N–H and O–H groups in total. The van der Waals surface area contributed by atoms with E-state index in [-0.39, 0.29) is 5.02 Å².